The van der Waals surface area contributed by atoms with E-state index in [-0.39, 0.29) is 12.3 Å². The molecule has 1 aromatic carbocycles. The molecule has 0 bridgehead atoms. The van der Waals surface area contributed by atoms with Crippen LogP contribution in [0.15, 0.2) is 40.2 Å². The summed E-state index contributed by atoms with van der Waals surface area (Å²) >= 11 is 1.55. The molecule has 0 radical (unpaired) electrons. The molecule has 0 aliphatic carbocycles. The lowest BCUT2D eigenvalue weighted by atomic mass is 10.1. The molecule has 26 heavy (non-hydrogen) atoms. The fourth-order valence-electron chi connectivity index (χ4n) is 2.41. The molecular formula is C18H19N3O4S. The molecule has 0 aliphatic heterocycles. The minimum atomic E-state index is -0.0878. The van der Waals surface area contributed by atoms with Gasteiger partial charge >= 0.3 is 0 Å². The molecule has 0 saturated heterocycles. The molecule has 0 unspecified atom stereocenters. The molecule has 3 rings (SSSR count). The van der Waals surface area contributed by atoms with E-state index < -0.39 is 0 Å². The molecule has 7 nitrogen and oxygen atoms in total. The van der Waals surface area contributed by atoms with Gasteiger partial charge in [0.05, 0.1) is 25.5 Å². The molecule has 0 aliphatic rings. The number of hydrogen-bond acceptors (Lipinski definition) is 7. The monoisotopic (exact) mass is 373 g/mol. The smallest absolute Gasteiger partial charge is 0.228 e. The van der Waals surface area contributed by atoms with Crippen LogP contribution in [-0.2, 0) is 17.6 Å². The summed E-state index contributed by atoms with van der Waals surface area (Å²) in [5, 5.41) is 8.76. The van der Waals surface area contributed by atoms with Crippen molar-refractivity contribution in [2.24, 2.45) is 0 Å². The largest absolute Gasteiger partial charge is 0.493 e. The first kappa shape index (κ1) is 17.9. The predicted octanol–water partition coefficient (Wildman–Crippen LogP) is 2.72. The van der Waals surface area contributed by atoms with Gasteiger partial charge < -0.3 is 19.3 Å². The Morgan fingerprint density at radius 1 is 1.23 bits per heavy atom. The zero-order valence-corrected chi connectivity index (χ0v) is 15.3. The number of ether oxygens (including phenoxy) is 2. The van der Waals surface area contributed by atoms with E-state index in [0.29, 0.717) is 36.2 Å². The Morgan fingerprint density at radius 2 is 2.08 bits per heavy atom. The summed E-state index contributed by atoms with van der Waals surface area (Å²) < 4.78 is 15.6. The Bertz CT molecular complexity index is 861. The van der Waals surface area contributed by atoms with E-state index in [1.807, 2.05) is 23.6 Å². The van der Waals surface area contributed by atoms with Crippen LogP contribution < -0.4 is 14.8 Å². The summed E-state index contributed by atoms with van der Waals surface area (Å²) in [6, 6.07) is 9.29. The first-order valence-corrected chi connectivity index (χ1v) is 8.91. The zero-order valence-electron chi connectivity index (χ0n) is 14.5. The maximum atomic E-state index is 12.1. The van der Waals surface area contributed by atoms with Gasteiger partial charge in [-0.25, -0.2) is 0 Å². The minimum Gasteiger partial charge on any atom is -0.493 e. The van der Waals surface area contributed by atoms with Crippen molar-refractivity contribution in [1.82, 2.24) is 15.5 Å². The number of rotatable bonds is 8. The molecule has 2 aromatic heterocycles. The Hall–Kier alpha value is -2.87. The van der Waals surface area contributed by atoms with Crippen LogP contribution in [0.3, 0.4) is 0 Å². The SMILES string of the molecule is COc1ccc(CC(=O)NCCc2nc(-c3cccs3)no2)cc1OC. The predicted molar refractivity (Wildman–Crippen MR) is 97.6 cm³/mol. The van der Waals surface area contributed by atoms with Gasteiger partial charge in [-0.3, -0.25) is 4.79 Å². The van der Waals surface area contributed by atoms with Crippen LogP contribution in [0.4, 0.5) is 0 Å². The van der Waals surface area contributed by atoms with Crippen molar-refractivity contribution in [3.8, 4) is 22.2 Å². The second kappa shape index (κ2) is 8.48. The molecule has 0 saturated carbocycles. The average Bonchev–Trinajstić information content (AvgIpc) is 3.33. The molecule has 2 heterocycles. The van der Waals surface area contributed by atoms with Gasteiger partial charge in [0.2, 0.25) is 17.6 Å². The quantitative estimate of drug-likeness (QED) is 0.653. The molecule has 3 aromatic rings. The highest BCUT2D eigenvalue weighted by Gasteiger charge is 2.11. The Morgan fingerprint density at radius 3 is 2.81 bits per heavy atom. The highest BCUT2D eigenvalue weighted by atomic mass is 32.1. The molecule has 136 valence electrons. The number of benzene rings is 1. The number of carbonyl (C=O) groups excluding carboxylic acids is 1. The summed E-state index contributed by atoms with van der Waals surface area (Å²) in [4.78, 5) is 17.4. The van der Waals surface area contributed by atoms with E-state index in [1.54, 1.807) is 37.7 Å². The topological polar surface area (TPSA) is 86.5 Å². The highest BCUT2D eigenvalue weighted by Crippen LogP contribution is 2.27. The van der Waals surface area contributed by atoms with Gasteiger partial charge in [0.25, 0.3) is 0 Å². The molecule has 8 heteroatoms. The van der Waals surface area contributed by atoms with Crippen LogP contribution >= 0.6 is 11.3 Å². The van der Waals surface area contributed by atoms with Crippen molar-refractivity contribution in [3.05, 3.63) is 47.2 Å². The van der Waals surface area contributed by atoms with Crippen LogP contribution in [0, 0.1) is 0 Å². The van der Waals surface area contributed by atoms with Crippen molar-refractivity contribution < 1.29 is 18.8 Å². The normalized spacial score (nSPS) is 10.5. The summed E-state index contributed by atoms with van der Waals surface area (Å²) in [5.74, 6) is 2.22. The fourth-order valence-corrected chi connectivity index (χ4v) is 3.06. The average molecular weight is 373 g/mol. The number of nitrogens with zero attached hydrogens (tertiary/aromatic N) is 2. The van der Waals surface area contributed by atoms with E-state index in [9.17, 15) is 4.79 Å². The van der Waals surface area contributed by atoms with Crippen molar-refractivity contribution in [1.29, 1.82) is 0 Å². The third-order valence-corrected chi connectivity index (χ3v) is 4.55. The third-order valence-electron chi connectivity index (χ3n) is 3.68. The van der Waals surface area contributed by atoms with E-state index in [0.717, 1.165) is 10.4 Å². The molecule has 0 fully saturated rings. The van der Waals surface area contributed by atoms with Crippen molar-refractivity contribution in [3.63, 3.8) is 0 Å². The number of thiophene rings is 1. The van der Waals surface area contributed by atoms with E-state index in [4.69, 9.17) is 14.0 Å². The molecule has 1 N–H and O–H groups in total. The number of methoxy groups -OCH3 is 2. The number of aromatic nitrogens is 2. The molecular weight excluding hydrogens is 354 g/mol. The standard InChI is InChI=1S/C18H19N3O4S/c1-23-13-6-5-12(10-14(13)24-2)11-16(22)19-8-7-17-20-18(21-25-17)15-4-3-9-26-15/h3-6,9-10H,7-8,11H2,1-2H3,(H,19,22). The summed E-state index contributed by atoms with van der Waals surface area (Å²) in [6.07, 6.45) is 0.737. The van der Waals surface area contributed by atoms with Gasteiger partial charge in [-0.2, -0.15) is 4.98 Å². The van der Waals surface area contributed by atoms with Gasteiger partial charge in [-0.05, 0) is 29.1 Å². The number of amides is 1. The second-order valence-corrected chi connectivity index (χ2v) is 6.40. The van der Waals surface area contributed by atoms with Crippen LogP contribution in [0.5, 0.6) is 11.5 Å². The first-order chi connectivity index (χ1) is 12.7. The van der Waals surface area contributed by atoms with E-state index >= 15 is 0 Å². The Kier molecular flexibility index (Phi) is 5.85. The lowest BCUT2D eigenvalue weighted by Gasteiger charge is -2.09. The molecule has 1 amide bonds. The van der Waals surface area contributed by atoms with Crippen molar-refractivity contribution in [2.45, 2.75) is 12.8 Å². The highest BCUT2D eigenvalue weighted by molar-refractivity contribution is 7.13. The number of hydrogen-bond donors (Lipinski definition) is 1. The van der Waals surface area contributed by atoms with E-state index in [2.05, 4.69) is 15.5 Å². The molecule has 0 atom stereocenters. The van der Waals surface area contributed by atoms with Crippen molar-refractivity contribution in [2.75, 3.05) is 20.8 Å². The van der Waals surface area contributed by atoms with Gasteiger partial charge in [0, 0.05) is 13.0 Å². The van der Waals surface area contributed by atoms with Gasteiger partial charge in [-0.1, -0.05) is 17.3 Å². The van der Waals surface area contributed by atoms with Crippen LogP contribution in [0.2, 0.25) is 0 Å². The van der Waals surface area contributed by atoms with Crippen LogP contribution in [-0.4, -0.2) is 36.8 Å². The van der Waals surface area contributed by atoms with Crippen LogP contribution in [0.25, 0.3) is 10.7 Å². The minimum absolute atomic E-state index is 0.0878. The third kappa shape index (κ3) is 4.40. The summed E-state index contributed by atoms with van der Waals surface area (Å²) in [7, 11) is 3.14. The first-order valence-electron chi connectivity index (χ1n) is 8.03. The maximum absolute atomic E-state index is 12.1. The lowest BCUT2D eigenvalue weighted by Crippen LogP contribution is -2.27. The maximum Gasteiger partial charge on any atom is 0.228 e. The fraction of sp³-hybridized carbons (Fsp3) is 0.278. The Labute approximate surface area is 154 Å². The van der Waals surface area contributed by atoms with Crippen molar-refractivity contribution >= 4 is 17.2 Å². The van der Waals surface area contributed by atoms with Crippen LogP contribution in [0.1, 0.15) is 11.5 Å². The summed E-state index contributed by atoms with van der Waals surface area (Å²) in [6.45, 7) is 0.429. The Balaban J connectivity index is 1.49. The lowest BCUT2D eigenvalue weighted by molar-refractivity contribution is -0.120. The summed E-state index contributed by atoms with van der Waals surface area (Å²) in [5.41, 5.74) is 0.845. The zero-order chi connectivity index (χ0) is 18.4. The number of carbonyl (C=O) groups is 1. The van der Waals surface area contributed by atoms with Gasteiger partial charge in [-0.15, -0.1) is 11.3 Å². The molecule has 0 spiro atoms. The van der Waals surface area contributed by atoms with Gasteiger partial charge in [0.15, 0.2) is 11.5 Å². The van der Waals surface area contributed by atoms with Gasteiger partial charge in [0.1, 0.15) is 0 Å². The number of nitrogens with one attached hydrogen (secondary N) is 1. The van der Waals surface area contributed by atoms with E-state index in [1.165, 1.54) is 0 Å². The second-order valence-electron chi connectivity index (χ2n) is 5.46.